The summed E-state index contributed by atoms with van der Waals surface area (Å²) in [7, 11) is 0. The van der Waals surface area contributed by atoms with Gasteiger partial charge in [0, 0.05) is 5.69 Å². The summed E-state index contributed by atoms with van der Waals surface area (Å²) in [5, 5.41) is 20.9. The molecule has 1 atom stereocenters. The number of carbonyl (C=O) groups is 1. The van der Waals surface area contributed by atoms with Crippen LogP contribution >= 0.6 is 0 Å². The van der Waals surface area contributed by atoms with Gasteiger partial charge in [0.25, 0.3) is 0 Å². The number of hydrogen-bond acceptors (Lipinski definition) is 4. The van der Waals surface area contributed by atoms with Gasteiger partial charge in [0.15, 0.2) is 0 Å². The van der Waals surface area contributed by atoms with E-state index in [9.17, 15) is 4.79 Å². The van der Waals surface area contributed by atoms with Crippen molar-refractivity contribution in [1.29, 1.82) is 5.26 Å². The van der Waals surface area contributed by atoms with E-state index < -0.39 is 12.0 Å². The Morgan fingerprint density at radius 3 is 2.89 bits per heavy atom. The minimum atomic E-state index is -0.921. The molecule has 0 amide bonds. The van der Waals surface area contributed by atoms with Crippen LogP contribution in [0.15, 0.2) is 12.1 Å². The largest absolute Gasteiger partial charge is 0.480 e. The average Bonchev–Trinajstić information content (AvgIpc) is 2.34. The first-order valence-electron chi connectivity index (χ1n) is 5.95. The third kappa shape index (κ3) is 3.74. The van der Waals surface area contributed by atoms with E-state index in [1.165, 1.54) is 0 Å². The van der Waals surface area contributed by atoms with Crippen molar-refractivity contribution in [3.05, 3.63) is 23.4 Å². The maximum absolute atomic E-state index is 11.1. The Kier molecular flexibility index (Phi) is 5.12. The molecule has 0 spiro atoms. The van der Waals surface area contributed by atoms with Crippen LogP contribution in [0.2, 0.25) is 0 Å². The summed E-state index contributed by atoms with van der Waals surface area (Å²) in [5.74, 6) is -0.573. The number of nitrogens with one attached hydrogen (secondary N) is 1. The molecule has 0 aliphatic rings. The zero-order chi connectivity index (χ0) is 13.5. The minimum absolute atomic E-state index is 0.348. The van der Waals surface area contributed by atoms with Gasteiger partial charge in [-0.15, -0.1) is 0 Å². The molecule has 1 rings (SSSR count). The second kappa shape index (κ2) is 6.60. The monoisotopic (exact) mass is 247 g/mol. The average molecular weight is 247 g/mol. The van der Waals surface area contributed by atoms with Crippen LogP contribution < -0.4 is 5.32 Å². The summed E-state index contributed by atoms with van der Waals surface area (Å²) in [4.78, 5) is 15.3. The molecule has 0 aromatic carbocycles. The fourth-order valence-electron chi connectivity index (χ4n) is 1.59. The molecule has 0 radical (unpaired) electrons. The van der Waals surface area contributed by atoms with Crippen molar-refractivity contribution < 1.29 is 9.90 Å². The molecular weight excluding hydrogens is 230 g/mol. The molecule has 2 N–H and O–H groups in total. The van der Waals surface area contributed by atoms with Gasteiger partial charge in [0.1, 0.15) is 17.9 Å². The molecule has 0 saturated heterocycles. The van der Waals surface area contributed by atoms with Crippen LogP contribution in [0.25, 0.3) is 0 Å². The van der Waals surface area contributed by atoms with Gasteiger partial charge in [-0.25, -0.2) is 9.78 Å². The van der Waals surface area contributed by atoms with Crippen LogP contribution in [0, 0.1) is 18.3 Å². The molecule has 1 aromatic heterocycles. The van der Waals surface area contributed by atoms with Crippen molar-refractivity contribution in [3.63, 3.8) is 0 Å². The standard InChI is InChI=1S/C13H17N3O2/c1-3-4-5-11(13(17)18)16-12-10(8-14)7-6-9(2)15-12/h6-7,11H,3-5H2,1-2H3,(H,15,16)(H,17,18). The predicted octanol–water partition coefficient (Wildman–Crippen LogP) is 2.32. The number of pyridine rings is 1. The number of anilines is 1. The molecule has 5 heteroatoms. The molecule has 0 aliphatic carbocycles. The highest BCUT2D eigenvalue weighted by Gasteiger charge is 2.18. The lowest BCUT2D eigenvalue weighted by molar-refractivity contribution is -0.138. The van der Waals surface area contributed by atoms with Gasteiger partial charge in [-0.1, -0.05) is 19.8 Å². The fourth-order valence-corrected chi connectivity index (χ4v) is 1.59. The highest BCUT2D eigenvalue weighted by Crippen LogP contribution is 2.15. The molecule has 1 unspecified atom stereocenters. The molecule has 1 aromatic rings. The number of rotatable bonds is 6. The molecule has 5 nitrogen and oxygen atoms in total. The molecular formula is C13H17N3O2. The van der Waals surface area contributed by atoms with Crippen LogP contribution in [0.5, 0.6) is 0 Å². The molecule has 1 heterocycles. The Morgan fingerprint density at radius 2 is 2.33 bits per heavy atom. The number of aryl methyl sites for hydroxylation is 1. The third-order valence-corrected chi connectivity index (χ3v) is 2.61. The number of aliphatic carboxylic acids is 1. The van der Waals surface area contributed by atoms with Crippen molar-refractivity contribution in [3.8, 4) is 6.07 Å². The Bertz CT molecular complexity index is 466. The van der Waals surface area contributed by atoms with Crippen molar-refractivity contribution in [2.24, 2.45) is 0 Å². The van der Waals surface area contributed by atoms with Crippen molar-refractivity contribution in [2.45, 2.75) is 39.2 Å². The van der Waals surface area contributed by atoms with E-state index >= 15 is 0 Å². The van der Waals surface area contributed by atoms with Crippen LogP contribution in [-0.2, 0) is 4.79 Å². The van der Waals surface area contributed by atoms with Gasteiger partial charge in [0.2, 0.25) is 0 Å². The number of carboxylic acid groups (broad SMARTS) is 1. The smallest absolute Gasteiger partial charge is 0.326 e. The van der Waals surface area contributed by atoms with Crippen LogP contribution in [0.3, 0.4) is 0 Å². The Balaban J connectivity index is 2.89. The van der Waals surface area contributed by atoms with Gasteiger partial charge in [0.05, 0.1) is 5.56 Å². The lowest BCUT2D eigenvalue weighted by Crippen LogP contribution is -2.30. The molecule has 0 fully saturated rings. The van der Waals surface area contributed by atoms with Gasteiger partial charge < -0.3 is 10.4 Å². The molecule has 0 aliphatic heterocycles. The van der Waals surface area contributed by atoms with Crippen molar-refractivity contribution in [1.82, 2.24) is 4.98 Å². The van der Waals surface area contributed by atoms with Crippen LogP contribution in [-0.4, -0.2) is 22.1 Å². The Morgan fingerprint density at radius 1 is 1.61 bits per heavy atom. The summed E-state index contributed by atoms with van der Waals surface area (Å²) >= 11 is 0. The topological polar surface area (TPSA) is 86.0 Å². The first-order chi connectivity index (χ1) is 8.58. The minimum Gasteiger partial charge on any atom is -0.480 e. The van der Waals surface area contributed by atoms with E-state index in [-0.39, 0.29) is 0 Å². The molecule has 0 bridgehead atoms. The lowest BCUT2D eigenvalue weighted by Gasteiger charge is -2.15. The van der Waals surface area contributed by atoms with Crippen molar-refractivity contribution >= 4 is 11.8 Å². The normalized spacial score (nSPS) is 11.6. The van der Waals surface area contributed by atoms with E-state index in [4.69, 9.17) is 10.4 Å². The van der Waals surface area contributed by atoms with E-state index in [0.29, 0.717) is 17.8 Å². The van der Waals surface area contributed by atoms with E-state index in [1.807, 2.05) is 13.0 Å². The summed E-state index contributed by atoms with van der Waals surface area (Å²) in [6, 6.07) is 4.67. The zero-order valence-electron chi connectivity index (χ0n) is 10.6. The van der Waals surface area contributed by atoms with Gasteiger partial charge in [-0.3, -0.25) is 0 Å². The lowest BCUT2D eigenvalue weighted by atomic mass is 10.1. The maximum atomic E-state index is 11.1. The number of hydrogen-bond donors (Lipinski definition) is 2. The molecule has 0 saturated carbocycles. The van der Waals surface area contributed by atoms with E-state index in [0.717, 1.165) is 18.5 Å². The quantitative estimate of drug-likeness (QED) is 0.805. The van der Waals surface area contributed by atoms with E-state index in [2.05, 4.69) is 10.3 Å². The maximum Gasteiger partial charge on any atom is 0.326 e. The number of nitriles is 1. The number of nitrogens with zero attached hydrogens (tertiary/aromatic N) is 2. The van der Waals surface area contributed by atoms with E-state index in [1.54, 1.807) is 19.1 Å². The summed E-state index contributed by atoms with van der Waals surface area (Å²) in [6.07, 6.45) is 2.27. The van der Waals surface area contributed by atoms with Gasteiger partial charge in [-0.05, 0) is 25.5 Å². The number of unbranched alkanes of at least 4 members (excludes halogenated alkanes) is 1. The van der Waals surface area contributed by atoms with Crippen molar-refractivity contribution in [2.75, 3.05) is 5.32 Å². The molecule has 18 heavy (non-hydrogen) atoms. The first-order valence-corrected chi connectivity index (χ1v) is 5.95. The van der Waals surface area contributed by atoms with Crippen LogP contribution in [0.1, 0.15) is 37.4 Å². The fraction of sp³-hybridized carbons (Fsp3) is 0.462. The zero-order valence-corrected chi connectivity index (χ0v) is 10.6. The number of carboxylic acids is 1. The number of aromatic nitrogens is 1. The summed E-state index contributed by atoms with van der Waals surface area (Å²) < 4.78 is 0. The Hall–Kier alpha value is -2.09. The Labute approximate surface area is 106 Å². The highest BCUT2D eigenvalue weighted by atomic mass is 16.4. The molecule has 96 valence electrons. The second-order valence-electron chi connectivity index (χ2n) is 4.14. The first kappa shape index (κ1) is 14.0. The third-order valence-electron chi connectivity index (χ3n) is 2.61. The predicted molar refractivity (Wildman–Crippen MR) is 68.3 cm³/mol. The SMILES string of the molecule is CCCCC(Nc1nc(C)ccc1C#N)C(=O)O. The summed E-state index contributed by atoms with van der Waals surface area (Å²) in [6.45, 7) is 3.80. The second-order valence-corrected chi connectivity index (χ2v) is 4.14. The van der Waals surface area contributed by atoms with Crippen LogP contribution in [0.4, 0.5) is 5.82 Å². The highest BCUT2D eigenvalue weighted by molar-refractivity contribution is 5.77. The van der Waals surface area contributed by atoms with Gasteiger partial charge in [-0.2, -0.15) is 5.26 Å². The summed E-state index contributed by atoms with van der Waals surface area (Å²) in [5.41, 5.74) is 1.11. The van der Waals surface area contributed by atoms with Gasteiger partial charge >= 0.3 is 5.97 Å².